The molecule has 0 saturated carbocycles. The fourth-order valence-corrected chi connectivity index (χ4v) is 3.54. The average molecular weight is 276 g/mol. The maximum atomic E-state index is 12.3. The summed E-state index contributed by atoms with van der Waals surface area (Å²) in [5.41, 5.74) is 2.06. The summed E-state index contributed by atoms with van der Waals surface area (Å²) in [6.45, 7) is 6.39. The van der Waals surface area contributed by atoms with E-state index in [0.717, 1.165) is 5.56 Å². The predicted octanol–water partition coefficient (Wildman–Crippen LogP) is 3.74. The van der Waals surface area contributed by atoms with Gasteiger partial charge in [0.25, 0.3) is 0 Å². The topological polar surface area (TPSA) is 34.1 Å². The van der Waals surface area contributed by atoms with Gasteiger partial charge in [-0.25, -0.2) is 8.42 Å². The van der Waals surface area contributed by atoms with E-state index < -0.39 is 9.84 Å². The van der Waals surface area contributed by atoms with Crippen LogP contribution in [0.4, 0.5) is 0 Å². The van der Waals surface area contributed by atoms with Gasteiger partial charge in [0.05, 0.1) is 5.75 Å². The molecule has 0 spiro atoms. The summed E-state index contributed by atoms with van der Waals surface area (Å²) in [6.07, 6.45) is 5.90. The minimum Gasteiger partial charge on any atom is -0.224 e. The Morgan fingerprint density at radius 3 is 2.53 bits per heavy atom. The monoisotopic (exact) mass is 276 g/mol. The lowest BCUT2D eigenvalue weighted by molar-refractivity contribution is 0.588. The van der Waals surface area contributed by atoms with Crippen LogP contribution in [0.1, 0.15) is 38.3 Å². The van der Waals surface area contributed by atoms with E-state index in [9.17, 15) is 8.42 Å². The van der Waals surface area contributed by atoms with Gasteiger partial charge in [-0.3, -0.25) is 0 Å². The van der Waals surface area contributed by atoms with Gasteiger partial charge in [-0.05, 0) is 22.6 Å². The molecule has 0 unspecified atom stereocenters. The highest BCUT2D eigenvalue weighted by Gasteiger charge is 2.20. The third kappa shape index (κ3) is 3.35. The molecule has 0 amide bonds. The molecule has 1 aromatic rings. The summed E-state index contributed by atoms with van der Waals surface area (Å²) in [5.74, 6) is 0.0877. The van der Waals surface area contributed by atoms with Crippen LogP contribution >= 0.6 is 0 Å². The zero-order chi connectivity index (χ0) is 14.1. The Hall–Kier alpha value is -1.35. The van der Waals surface area contributed by atoms with Crippen molar-refractivity contribution in [3.8, 4) is 0 Å². The maximum absolute atomic E-state index is 12.3. The van der Waals surface area contributed by atoms with Gasteiger partial charge in [-0.1, -0.05) is 57.2 Å². The first-order valence-corrected chi connectivity index (χ1v) is 8.12. The molecule has 19 heavy (non-hydrogen) atoms. The van der Waals surface area contributed by atoms with E-state index in [1.54, 1.807) is 12.2 Å². The first-order chi connectivity index (χ1) is 8.79. The average Bonchev–Trinajstić information content (AvgIpc) is 2.81. The van der Waals surface area contributed by atoms with Crippen LogP contribution in [0.25, 0.3) is 0 Å². The minimum absolute atomic E-state index is 0.0357. The van der Waals surface area contributed by atoms with Gasteiger partial charge < -0.3 is 0 Å². The summed E-state index contributed by atoms with van der Waals surface area (Å²) in [6, 6.07) is 7.87. The first-order valence-electron chi connectivity index (χ1n) is 6.47. The lowest BCUT2D eigenvalue weighted by Gasteiger charge is -2.19. The number of rotatable bonds is 3. The van der Waals surface area contributed by atoms with Crippen molar-refractivity contribution < 1.29 is 8.42 Å². The Morgan fingerprint density at radius 1 is 1.21 bits per heavy atom. The molecule has 0 heterocycles. The van der Waals surface area contributed by atoms with Gasteiger partial charge in [0, 0.05) is 11.3 Å². The van der Waals surface area contributed by atoms with Crippen LogP contribution in [0.3, 0.4) is 0 Å². The van der Waals surface area contributed by atoms with Crippen LogP contribution in [-0.4, -0.2) is 8.42 Å². The van der Waals surface area contributed by atoms with Gasteiger partial charge in [0.15, 0.2) is 9.84 Å². The molecular formula is C16H20O2S. The molecule has 1 aromatic carbocycles. The van der Waals surface area contributed by atoms with Crippen molar-refractivity contribution in [3.63, 3.8) is 0 Å². The molecule has 1 aliphatic rings. The second kappa shape index (κ2) is 4.97. The molecule has 3 heteroatoms. The van der Waals surface area contributed by atoms with Crippen LogP contribution in [0.15, 0.2) is 47.4 Å². The maximum Gasteiger partial charge on any atom is 0.179 e. The normalized spacial score (nSPS) is 15.6. The molecule has 0 aliphatic heterocycles. The first kappa shape index (κ1) is 14.1. The molecule has 0 aromatic heterocycles. The van der Waals surface area contributed by atoms with Crippen LogP contribution in [0, 0.1) is 0 Å². The number of sulfone groups is 1. The SMILES string of the molecule is CC(C)(C)c1cccc(CS(=O)(=O)C2=CC=CC2)c1. The predicted molar refractivity (Wildman–Crippen MR) is 79.6 cm³/mol. The van der Waals surface area contributed by atoms with E-state index in [2.05, 4.69) is 20.8 Å². The lowest BCUT2D eigenvalue weighted by Crippen LogP contribution is -2.12. The highest BCUT2D eigenvalue weighted by molar-refractivity contribution is 7.94. The number of benzene rings is 1. The van der Waals surface area contributed by atoms with Crippen molar-refractivity contribution in [2.45, 2.75) is 38.4 Å². The molecule has 0 fully saturated rings. The van der Waals surface area contributed by atoms with Crippen LogP contribution < -0.4 is 0 Å². The molecule has 2 nitrogen and oxygen atoms in total. The van der Waals surface area contributed by atoms with E-state index in [4.69, 9.17) is 0 Å². The third-order valence-corrected chi connectivity index (χ3v) is 5.10. The summed E-state index contributed by atoms with van der Waals surface area (Å²) in [7, 11) is -3.18. The van der Waals surface area contributed by atoms with Crippen molar-refractivity contribution >= 4 is 9.84 Å². The van der Waals surface area contributed by atoms with Crippen LogP contribution in [-0.2, 0) is 21.0 Å². The van der Waals surface area contributed by atoms with Crippen molar-refractivity contribution in [1.82, 2.24) is 0 Å². The van der Waals surface area contributed by atoms with Crippen molar-refractivity contribution in [3.05, 3.63) is 58.5 Å². The Kier molecular flexibility index (Phi) is 3.68. The van der Waals surface area contributed by atoms with Gasteiger partial charge in [-0.2, -0.15) is 0 Å². The quantitative estimate of drug-likeness (QED) is 0.842. The summed E-state index contributed by atoms with van der Waals surface area (Å²) in [4.78, 5) is 0.522. The second-order valence-electron chi connectivity index (χ2n) is 5.97. The van der Waals surface area contributed by atoms with Crippen molar-refractivity contribution in [2.24, 2.45) is 0 Å². The highest BCUT2D eigenvalue weighted by Crippen LogP contribution is 2.26. The zero-order valence-electron chi connectivity index (χ0n) is 11.7. The molecule has 0 radical (unpaired) electrons. The molecule has 1 aliphatic carbocycles. The highest BCUT2D eigenvalue weighted by atomic mass is 32.2. The molecule has 2 rings (SSSR count). The van der Waals surface area contributed by atoms with Crippen LogP contribution in [0.2, 0.25) is 0 Å². The Labute approximate surface area is 115 Å². The largest absolute Gasteiger partial charge is 0.224 e. The van der Waals surface area contributed by atoms with Gasteiger partial charge in [-0.15, -0.1) is 0 Å². The van der Waals surface area contributed by atoms with Crippen molar-refractivity contribution in [1.29, 1.82) is 0 Å². The molecular weight excluding hydrogens is 256 g/mol. The van der Waals surface area contributed by atoms with Gasteiger partial charge >= 0.3 is 0 Å². The van der Waals surface area contributed by atoms with E-state index >= 15 is 0 Å². The lowest BCUT2D eigenvalue weighted by atomic mass is 9.86. The van der Waals surface area contributed by atoms with Gasteiger partial charge in [0.1, 0.15) is 0 Å². The van der Waals surface area contributed by atoms with Crippen molar-refractivity contribution in [2.75, 3.05) is 0 Å². The molecule has 0 bridgehead atoms. The van der Waals surface area contributed by atoms with E-state index in [1.807, 2.05) is 30.3 Å². The van der Waals surface area contributed by atoms with Crippen LogP contribution in [0.5, 0.6) is 0 Å². The van der Waals surface area contributed by atoms with Gasteiger partial charge in [0.2, 0.25) is 0 Å². The van der Waals surface area contributed by atoms with E-state index in [1.165, 1.54) is 5.56 Å². The fourth-order valence-electron chi connectivity index (χ4n) is 2.10. The Bertz CT molecular complexity index is 629. The molecule has 0 N–H and O–H groups in total. The molecule has 0 saturated heterocycles. The number of allylic oxidation sites excluding steroid dienone is 4. The standard InChI is InChI=1S/C16H20O2S/c1-16(2,3)14-8-6-7-13(11-14)12-19(17,18)15-9-4-5-10-15/h4-9,11H,10,12H2,1-3H3. The van der Waals surface area contributed by atoms with E-state index in [0.29, 0.717) is 11.3 Å². The Balaban J connectivity index is 2.25. The van der Waals surface area contributed by atoms with E-state index in [-0.39, 0.29) is 11.2 Å². The zero-order valence-corrected chi connectivity index (χ0v) is 12.5. The Morgan fingerprint density at radius 2 is 1.95 bits per heavy atom. The summed E-state index contributed by atoms with van der Waals surface area (Å²) >= 11 is 0. The molecule has 102 valence electrons. The summed E-state index contributed by atoms with van der Waals surface area (Å²) < 4.78 is 24.5. The summed E-state index contributed by atoms with van der Waals surface area (Å²) in [5, 5.41) is 0. The molecule has 0 atom stereocenters. The number of hydrogen-bond donors (Lipinski definition) is 0. The third-order valence-electron chi connectivity index (χ3n) is 3.29. The number of hydrogen-bond acceptors (Lipinski definition) is 2. The fraction of sp³-hybridized carbons (Fsp3) is 0.375. The minimum atomic E-state index is -3.18. The smallest absolute Gasteiger partial charge is 0.179 e. The second-order valence-corrected chi connectivity index (χ2v) is 8.02.